The van der Waals surface area contributed by atoms with Crippen LogP contribution in [-0.2, 0) is 9.53 Å². The Morgan fingerprint density at radius 2 is 1.77 bits per heavy atom. The lowest BCUT2D eigenvalue weighted by molar-refractivity contribution is -0.125. The summed E-state index contributed by atoms with van der Waals surface area (Å²) >= 11 is 1.28. The zero-order valence-electron chi connectivity index (χ0n) is 17.6. The van der Waals surface area contributed by atoms with Gasteiger partial charge in [0, 0.05) is 18.2 Å². The van der Waals surface area contributed by atoms with Gasteiger partial charge >= 0.3 is 5.97 Å². The van der Waals surface area contributed by atoms with Gasteiger partial charge in [0.25, 0.3) is 11.8 Å². The Morgan fingerprint density at radius 3 is 2.42 bits per heavy atom. The highest BCUT2D eigenvalue weighted by atomic mass is 32.1. The van der Waals surface area contributed by atoms with E-state index in [1.165, 1.54) is 44.1 Å². The van der Waals surface area contributed by atoms with E-state index in [1.807, 2.05) is 0 Å². The number of ether oxygens (including phenoxy) is 3. The molecule has 0 atom stereocenters. The largest absolute Gasteiger partial charge is 0.493 e. The summed E-state index contributed by atoms with van der Waals surface area (Å²) in [4.78, 5) is 37.9. The van der Waals surface area contributed by atoms with Crippen LogP contribution in [0.25, 0.3) is 0 Å². The number of hydrogen-bond donors (Lipinski definition) is 2. The van der Waals surface area contributed by atoms with Gasteiger partial charge in [0.1, 0.15) is 0 Å². The van der Waals surface area contributed by atoms with Crippen LogP contribution in [0, 0.1) is 0 Å². The number of hydrogen-bond acceptors (Lipinski definition) is 7. The van der Waals surface area contributed by atoms with Crippen molar-refractivity contribution in [2.75, 3.05) is 26.1 Å². The van der Waals surface area contributed by atoms with Crippen LogP contribution in [0.2, 0.25) is 0 Å². The summed E-state index contributed by atoms with van der Waals surface area (Å²) in [7, 11) is 2.89. The first-order valence-electron chi connectivity index (χ1n) is 10.1. The maximum Gasteiger partial charge on any atom is 0.340 e. The zero-order chi connectivity index (χ0) is 22.2. The van der Waals surface area contributed by atoms with Crippen molar-refractivity contribution >= 4 is 34.8 Å². The number of anilines is 1. The summed E-state index contributed by atoms with van der Waals surface area (Å²) in [5.74, 6) is -0.816. The minimum atomic E-state index is -0.749. The molecule has 2 aromatic rings. The lowest BCUT2D eigenvalue weighted by Gasteiger charge is -2.22. The maximum atomic E-state index is 12.8. The normalized spacial score (nSPS) is 13.9. The van der Waals surface area contributed by atoms with E-state index in [-0.39, 0.29) is 29.1 Å². The Kier molecular flexibility index (Phi) is 7.88. The van der Waals surface area contributed by atoms with E-state index in [1.54, 1.807) is 17.5 Å². The molecule has 8 nitrogen and oxygen atoms in total. The molecule has 0 saturated heterocycles. The second-order valence-corrected chi connectivity index (χ2v) is 8.11. The van der Waals surface area contributed by atoms with E-state index in [0.29, 0.717) is 16.4 Å². The van der Waals surface area contributed by atoms with Gasteiger partial charge in [-0.3, -0.25) is 9.59 Å². The van der Waals surface area contributed by atoms with Crippen LogP contribution in [0.1, 0.15) is 52.1 Å². The highest BCUT2D eigenvalue weighted by Crippen LogP contribution is 2.34. The first kappa shape index (κ1) is 22.6. The van der Waals surface area contributed by atoms with Crippen LogP contribution in [0.5, 0.6) is 11.5 Å². The van der Waals surface area contributed by atoms with Crippen molar-refractivity contribution in [3.8, 4) is 11.5 Å². The number of rotatable bonds is 8. The fourth-order valence-electron chi connectivity index (χ4n) is 3.47. The Bertz CT molecular complexity index is 922. The quantitative estimate of drug-likeness (QED) is 0.601. The third-order valence-electron chi connectivity index (χ3n) is 5.04. The molecule has 1 aliphatic carbocycles. The third kappa shape index (κ3) is 5.97. The number of carbonyl (C=O) groups is 3. The number of nitrogens with one attached hydrogen (secondary N) is 2. The van der Waals surface area contributed by atoms with Crippen molar-refractivity contribution in [1.29, 1.82) is 0 Å². The van der Waals surface area contributed by atoms with E-state index in [4.69, 9.17) is 14.2 Å². The predicted molar refractivity (Wildman–Crippen MR) is 117 cm³/mol. The van der Waals surface area contributed by atoms with Gasteiger partial charge in [0.05, 0.1) is 30.3 Å². The molecule has 1 aliphatic rings. The molecule has 1 saturated carbocycles. The van der Waals surface area contributed by atoms with E-state index < -0.39 is 12.6 Å². The number of methoxy groups -OCH3 is 2. The monoisotopic (exact) mass is 446 g/mol. The molecule has 31 heavy (non-hydrogen) atoms. The van der Waals surface area contributed by atoms with Gasteiger partial charge in [-0.15, -0.1) is 11.3 Å². The fraction of sp³-hybridized carbons (Fsp3) is 0.409. The first-order valence-corrected chi connectivity index (χ1v) is 11.0. The Labute approximate surface area is 184 Å². The average Bonchev–Trinajstić information content (AvgIpc) is 3.33. The molecular weight excluding hydrogens is 420 g/mol. The number of amides is 2. The van der Waals surface area contributed by atoms with Gasteiger partial charge in [-0.1, -0.05) is 25.3 Å². The van der Waals surface area contributed by atoms with Gasteiger partial charge in [-0.2, -0.15) is 0 Å². The highest BCUT2D eigenvalue weighted by Gasteiger charge is 2.22. The first-order chi connectivity index (χ1) is 15.0. The molecule has 0 unspecified atom stereocenters. The van der Waals surface area contributed by atoms with Crippen LogP contribution in [0.15, 0.2) is 29.6 Å². The summed E-state index contributed by atoms with van der Waals surface area (Å²) in [6, 6.07) is 6.47. The van der Waals surface area contributed by atoms with Crippen molar-refractivity contribution < 1.29 is 28.6 Å². The van der Waals surface area contributed by atoms with Crippen molar-refractivity contribution in [2.45, 2.75) is 38.1 Å². The highest BCUT2D eigenvalue weighted by molar-refractivity contribution is 7.12. The predicted octanol–water partition coefficient (Wildman–Crippen LogP) is 3.62. The van der Waals surface area contributed by atoms with E-state index >= 15 is 0 Å². The maximum absolute atomic E-state index is 12.8. The lowest BCUT2D eigenvalue weighted by Crippen LogP contribution is -2.38. The molecule has 0 spiro atoms. The second-order valence-electron chi connectivity index (χ2n) is 7.16. The van der Waals surface area contributed by atoms with Gasteiger partial charge < -0.3 is 24.8 Å². The number of carbonyl (C=O) groups excluding carboxylic acids is 3. The molecule has 1 aromatic heterocycles. The van der Waals surface area contributed by atoms with Crippen molar-refractivity contribution in [2.24, 2.45) is 0 Å². The number of thiophene rings is 1. The third-order valence-corrected chi connectivity index (χ3v) is 5.91. The summed E-state index contributed by atoms with van der Waals surface area (Å²) in [5, 5.41) is 7.39. The number of benzene rings is 1. The van der Waals surface area contributed by atoms with Crippen LogP contribution in [0.3, 0.4) is 0 Å². The topological polar surface area (TPSA) is 103 Å². The molecule has 0 radical (unpaired) electrons. The molecule has 0 aliphatic heterocycles. The Balaban J connectivity index is 1.73. The zero-order valence-corrected chi connectivity index (χ0v) is 18.4. The number of esters is 1. The summed E-state index contributed by atoms with van der Waals surface area (Å²) in [6.45, 7) is -0.401. The standard InChI is InChI=1S/C22H26N2O6S/c1-28-17-11-15(22(27)30-13-20(25)23-14-7-4-3-5-8-14)16(12-18(17)29-2)24-21(26)19-9-6-10-31-19/h6,9-12,14H,3-5,7-8,13H2,1-2H3,(H,23,25)(H,24,26). The molecular formula is C22H26N2O6S. The lowest BCUT2D eigenvalue weighted by atomic mass is 9.95. The van der Waals surface area contributed by atoms with Crippen molar-refractivity contribution in [3.05, 3.63) is 40.1 Å². The van der Waals surface area contributed by atoms with Gasteiger partial charge in [-0.25, -0.2) is 4.79 Å². The minimum Gasteiger partial charge on any atom is -0.493 e. The molecule has 2 N–H and O–H groups in total. The molecule has 2 amide bonds. The molecule has 1 fully saturated rings. The van der Waals surface area contributed by atoms with Crippen molar-refractivity contribution in [3.63, 3.8) is 0 Å². The van der Waals surface area contributed by atoms with Gasteiger partial charge in [0.15, 0.2) is 18.1 Å². The summed E-state index contributed by atoms with van der Waals surface area (Å²) in [6.07, 6.45) is 5.23. The van der Waals surface area contributed by atoms with E-state index in [0.717, 1.165) is 25.7 Å². The molecule has 3 rings (SSSR count). The summed E-state index contributed by atoms with van der Waals surface area (Å²) in [5.41, 5.74) is 0.266. The van der Waals surface area contributed by atoms with Crippen LogP contribution >= 0.6 is 11.3 Å². The molecule has 1 aromatic carbocycles. The average molecular weight is 447 g/mol. The van der Waals surface area contributed by atoms with Crippen LogP contribution < -0.4 is 20.1 Å². The van der Waals surface area contributed by atoms with Gasteiger partial charge in [0.2, 0.25) is 0 Å². The van der Waals surface area contributed by atoms with Crippen molar-refractivity contribution in [1.82, 2.24) is 5.32 Å². The fourth-order valence-corrected chi connectivity index (χ4v) is 4.09. The Morgan fingerprint density at radius 1 is 1.06 bits per heavy atom. The van der Waals surface area contributed by atoms with Gasteiger partial charge in [-0.05, 0) is 24.3 Å². The molecule has 166 valence electrons. The SMILES string of the molecule is COc1cc(NC(=O)c2cccs2)c(C(=O)OCC(=O)NC2CCCCC2)cc1OC. The molecule has 9 heteroatoms. The summed E-state index contributed by atoms with van der Waals surface area (Å²) < 4.78 is 15.8. The smallest absolute Gasteiger partial charge is 0.340 e. The second kappa shape index (κ2) is 10.8. The molecule has 0 bridgehead atoms. The van der Waals surface area contributed by atoms with E-state index in [9.17, 15) is 14.4 Å². The van der Waals surface area contributed by atoms with E-state index in [2.05, 4.69) is 10.6 Å². The Hall–Kier alpha value is -3.07. The minimum absolute atomic E-state index is 0.0630. The molecule has 1 heterocycles. The van der Waals surface area contributed by atoms with Crippen LogP contribution in [-0.4, -0.2) is 44.7 Å². The van der Waals surface area contributed by atoms with Crippen LogP contribution in [0.4, 0.5) is 5.69 Å².